The van der Waals surface area contributed by atoms with Crippen molar-refractivity contribution in [3.8, 4) is 11.8 Å². The van der Waals surface area contributed by atoms with Gasteiger partial charge in [-0.15, -0.1) is 0 Å². The van der Waals surface area contributed by atoms with Crippen molar-refractivity contribution in [1.82, 2.24) is 14.9 Å². The monoisotopic (exact) mass is 240 g/mol. The molecule has 6 nitrogen and oxygen atoms in total. The summed E-state index contributed by atoms with van der Waals surface area (Å²) in [7, 11) is 1.53. The summed E-state index contributed by atoms with van der Waals surface area (Å²) in [5.41, 5.74) is 5.53. The molecular formula is C11H20N4O2. The zero-order chi connectivity index (χ0) is 12.7. The standard InChI is InChI=1S/C11H20N4O2/c1-4-15(5-2)6-7-17-10-8-9(16-3)13-11(12)14-10/h8H,4-7H2,1-3H3,(H2,12,13,14). The highest BCUT2D eigenvalue weighted by molar-refractivity contribution is 5.29. The summed E-state index contributed by atoms with van der Waals surface area (Å²) >= 11 is 0. The molecule has 0 aromatic carbocycles. The molecular weight excluding hydrogens is 220 g/mol. The van der Waals surface area contributed by atoms with Gasteiger partial charge in [0.15, 0.2) is 0 Å². The highest BCUT2D eigenvalue weighted by Gasteiger charge is 2.04. The summed E-state index contributed by atoms with van der Waals surface area (Å²) in [5.74, 6) is 1.01. The maximum Gasteiger partial charge on any atom is 0.226 e. The van der Waals surface area contributed by atoms with Gasteiger partial charge in [-0.1, -0.05) is 13.8 Å². The van der Waals surface area contributed by atoms with Crippen LogP contribution in [0.4, 0.5) is 5.95 Å². The first kappa shape index (κ1) is 13.5. The topological polar surface area (TPSA) is 73.5 Å². The van der Waals surface area contributed by atoms with Crippen LogP contribution < -0.4 is 15.2 Å². The first-order valence-corrected chi connectivity index (χ1v) is 5.73. The van der Waals surface area contributed by atoms with E-state index in [9.17, 15) is 0 Å². The van der Waals surface area contributed by atoms with Crippen molar-refractivity contribution in [1.29, 1.82) is 0 Å². The Morgan fingerprint density at radius 1 is 1.24 bits per heavy atom. The lowest BCUT2D eigenvalue weighted by Crippen LogP contribution is -2.28. The fraction of sp³-hybridized carbons (Fsp3) is 0.636. The normalized spacial score (nSPS) is 10.6. The molecule has 0 fully saturated rings. The van der Waals surface area contributed by atoms with E-state index in [4.69, 9.17) is 15.2 Å². The van der Waals surface area contributed by atoms with Crippen molar-refractivity contribution in [3.05, 3.63) is 6.07 Å². The molecule has 0 aliphatic heterocycles. The fourth-order valence-electron chi connectivity index (χ4n) is 1.42. The van der Waals surface area contributed by atoms with Gasteiger partial charge in [-0.05, 0) is 13.1 Å². The van der Waals surface area contributed by atoms with Gasteiger partial charge in [-0.2, -0.15) is 9.97 Å². The van der Waals surface area contributed by atoms with Gasteiger partial charge >= 0.3 is 0 Å². The Morgan fingerprint density at radius 3 is 2.47 bits per heavy atom. The number of anilines is 1. The van der Waals surface area contributed by atoms with Crippen molar-refractivity contribution >= 4 is 5.95 Å². The number of likely N-dealkylation sites (N-methyl/N-ethyl adjacent to an activating group) is 1. The molecule has 17 heavy (non-hydrogen) atoms. The second-order valence-corrected chi connectivity index (χ2v) is 3.48. The molecule has 0 bridgehead atoms. The van der Waals surface area contributed by atoms with Gasteiger partial charge < -0.3 is 20.1 Å². The quantitative estimate of drug-likeness (QED) is 0.759. The molecule has 0 saturated heterocycles. The molecule has 0 amide bonds. The number of rotatable bonds is 7. The third-order valence-corrected chi connectivity index (χ3v) is 2.46. The summed E-state index contributed by atoms with van der Waals surface area (Å²) < 4.78 is 10.5. The van der Waals surface area contributed by atoms with Crippen LogP contribution in [0.15, 0.2) is 6.07 Å². The van der Waals surface area contributed by atoms with Crippen molar-refractivity contribution in [3.63, 3.8) is 0 Å². The minimum absolute atomic E-state index is 0.155. The predicted molar refractivity (Wildman–Crippen MR) is 66.3 cm³/mol. The van der Waals surface area contributed by atoms with E-state index in [0.29, 0.717) is 18.4 Å². The second kappa shape index (κ2) is 6.90. The van der Waals surface area contributed by atoms with Crippen molar-refractivity contribution in [2.45, 2.75) is 13.8 Å². The molecule has 2 N–H and O–H groups in total. The van der Waals surface area contributed by atoms with Gasteiger partial charge in [0.25, 0.3) is 0 Å². The summed E-state index contributed by atoms with van der Waals surface area (Å²) in [6.45, 7) is 7.69. The maximum atomic E-state index is 5.53. The van der Waals surface area contributed by atoms with Gasteiger partial charge in [-0.3, -0.25) is 0 Å². The average molecular weight is 240 g/mol. The van der Waals surface area contributed by atoms with E-state index in [-0.39, 0.29) is 5.95 Å². The van der Waals surface area contributed by atoms with Crippen LogP contribution in [0.1, 0.15) is 13.8 Å². The fourth-order valence-corrected chi connectivity index (χ4v) is 1.42. The Kier molecular flexibility index (Phi) is 5.48. The zero-order valence-corrected chi connectivity index (χ0v) is 10.6. The maximum absolute atomic E-state index is 5.53. The molecule has 0 saturated carbocycles. The van der Waals surface area contributed by atoms with Crippen LogP contribution in [0.5, 0.6) is 11.8 Å². The van der Waals surface area contributed by atoms with Gasteiger partial charge in [0, 0.05) is 6.54 Å². The number of nitrogens with two attached hydrogens (primary N) is 1. The number of nitrogens with zero attached hydrogens (tertiary/aromatic N) is 3. The number of aromatic nitrogens is 2. The van der Waals surface area contributed by atoms with Crippen LogP contribution in [0.2, 0.25) is 0 Å². The molecule has 6 heteroatoms. The third-order valence-electron chi connectivity index (χ3n) is 2.46. The minimum Gasteiger partial charge on any atom is -0.481 e. The SMILES string of the molecule is CCN(CC)CCOc1cc(OC)nc(N)n1. The van der Waals surface area contributed by atoms with Gasteiger partial charge in [-0.25, -0.2) is 0 Å². The minimum atomic E-state index is 0.155. The average Bonchev–Trinajstić information content (AvgIpc) is 2.34. The number of nitrogen functional groups attached to an aromatic ring is 1. The Labute approximate surface area is 102 Å². The van der Waals surface area contributed by atoms with Gasteiger partial charge in [0.2, 0.25) is 17.7 Å². The van der Waals surface area contributed by atoms with E-state index >= 15 is 0 Å². The lowest BCUT2D eigenvalue weighted by Gasteiger charge is -2.17. The largest absolute Gasteiger partial charge is 0.481 e. The van der Waals surface area contributed by atoms with Crippen LogP contribution in [0, 0.1) is 0 Å². The summed E-state index contributed by atoms with van der Waals surface area (Å²) in [6, 6.07) is 1.62. The third kappa shape index (κ3) is 4.44. The summed E-state index contributed by atoms with van der Waals surface area (Å²) in [4.78, 5) is 10.1. The van der Waals surface area contributed by atoms with Crippen LogP contribution in [0.25, 0.3) is 0 Å². The molecule has 1 heterocycles. The van der Waals surface area contributed by atoms with E-state index in [2.05, 4.69) is 28.7 Å². The first-order valence-electron chi connectivity index (χ1n) is 5.73. The van der Waals surface area contributed by atoms with Crippen LogP contribution >= 0.6 is 0 Å². The molecule has 1 aromatic rings. The van der Waals surface area contributed by atoms with Gasteiger partial charge in [0.05, 0.1) is 13.2 Å². The lowest BCUT2D eigenvalue weighted by atomic mass is 10.5. The highest BCUT2D eigenvalue weighted by atomic mass is 16.5. The Balaban J connectivity index is 2.48. The Hall–Kier alpha value is -1.56. The molecule has 0 radical (unpaired) electrons. The molecule has 0 atom stereocenters. The molecule has 0 aliphatic rings. The second-order valence-electron chi connectivity index (χ2n) is 3.48. The zero-order valence-electron chi connectivity index (χ0n) is 10.6. The first-order chi connectivity index (χ1) is 8.19. The molecule has 1 rings (SSSR count). The molecule has 0 aliphatic carbocycles. The smallest absolute Gasteiger partial charge is 0.226 e. The predicted octanol–water partition coefficient (Wildman–Crippen LogP) is 0.788. The van der Waals surface area contributed by atoms with Crippen LogP contribution in [-0.2, 0) is 0 Å². The van der Waals surface area contributed by atoms with Crippen LogP contribution in [0.3, 0.4) is 0 Å². The number of hydrogen-bond acceptors (Lipinski definition) is 6. The van der Waals surface area contributed by atoms with E-state index in [1.807, 2.05) is 0 Å². The number of methoxy groups -OCH3 is 1. The lowest BCUT2D eigenvalue weighted by molar-refractivity contribution is 0.217. The van der Waals surface area contributed by atoms with E-state index < -0.39 is 0 Å². The highest BCUT2D eigenvalue weighted by Crippen LogP contribution is 2.15. The molecule has 0 unspecified atom stereocenters. The number of ether oxygens (including phenoxy) is 2. The summed E-state index contributed by atoms with van der Waals surface area (Å²) in [6.07, 6.45) is 0. The van der Waals surface area contributed by atoms with Crippen molar-refractivity contribution in [2.24, 2.45) is 0 Å². The van der Waals surface area contributed by atoms with Gasteiger partial charge in [0.1, 0.15) is 6.61 Å². The molecule has 1 aromatic heterocycles. The van der Waals surface area contributed by atoms with Crippen LogP contribution in [-0.4, -0.2) is 48.2 Å². The van der Waals surface area contributed by atoms with E-state index in [1.54, 1.807) is 6.07 Å². The van der Waals surface area contributed by atoms with E-state index in [1.165, 1.54) is 7.11 Å². The van der Waals surface area contributed by atoms with Crippen molar-refractivity contribution in [2.75, 3.05) is 39.1 Å². The number of hydrogen-bond donors (Lipinski definition) is 1. The van der Waals surface area contributed by atoms with Crippen molar-refractivity contribution < 1.29 is 9.47 Å². The Bertz CT molecular complexity index is 342. The summed E-state index contributed by atoms with van der Waals surface area (Å²) in [5, 5.41) is 0. The molecule has 0 spiro atoms. The van der Waals surface area contributed by atoms with E-state index in [0.717, 1.165) is 19.6 Å². The molecule has 96 valence electrons. The Morgan fingerprint density at radius 2 is 1.88 bits per heavy atom.